The number of rotatable bonds is 5. The van der Waals surface area contributed by atoms with Gasteiger partial charge in [0.2, 0.25) is 0 Å². The molecule has 2 rings (SSSR count). The molecule has 0 atom stereocenters. The average molecular weight is 294 g/mol. The van der Waals surface area contributed by atoms with Crippen molar-refractivity contribution < 1.29 is 0 Å². The lowest BCUT2D eigenvalue weighted by Crippen LogP contribution is -2.42. The van der Waals surface area contributed by atoms with Gasteiger partial charge in [0, 0.05) is 17.0 Å². The van der Waals surface area contributed by atoms with Crippen LogP contribution in [0.15, 0.2) is 24.3 Å². The summed E-state index contributed by atoms with van der Waals surface area (Å²) in [5, 5.41) is 4.55. The zero-order chi connectivity index (χ0) is 14.6. The van der Waals surface area contributed by atoms with Gasteiger partial charge in [0.15, 0.2) is 0 Å². The van der Waals surface area contributed by atoms with E-state index in [0.717, 1.165) is 24.0 Å². The molecule has 1 fully saturated rings. The van der Waals surface area contributed by atoms with Gasteiger partial charge < -0.3 is 5.32 Å². The Kier molecular flexibility index (Phi) is 5.51. The summed E-state index contributed by atoms with van der Waals surface area (Å²) in [5.41, 5.74) is 1.71. The summed E-state index contributed by atoms with van der Waals surface area (Å²) in [6, 6.07) is 8.51. The van der Waals surface area contributed by atoms with Crippen LogP contribution < -0.4 is 5.32 Å². The third-order valence-electron chi connectivity index (χ3n) is 4.68. The highest BCUT2D eigenvalue weighted by atomic mass is 35.5. The molecule has 1 saturated carbocycles. The molecule has 1 aromatic rings. The summed E-state index contributed by atoms with van der Waals surface area (Å²) in [4.78, 5) is 0. The van der Waals surface area contributed by atoms with Gasteiger partial charge in [-0.3, -0.25) is 0 Å². The van der Waals surface area contributed by atoms with Gasteiger partial charge in [-0.2, -0.15) is 0 Å². The van der Waals surface area contributed by atoms with Crippen LogP contribution in [0.3, 0.4) is 0 Å². The monoisotopic (exact) mass is 293 g/mol. The Morgan fingerprint density at radius 2 is 2.00 bits per heavy atom. The molecule has 0 saturated heterocycles. The van der Waals surface area contributed by atoms with Crippen LogP contribution in [-0.2, 0) is 5.41 Å². The van der Waals surface area contributed by atoms with E-state index in [1.54, 1.807) is 0 Å². The van der Waals surface area contributed by atoms with Gasteiger partial charge in [-0.15, -0.1) is 0 Å². The molecule has 0 bridgehead atoms. The van der Waals surface area contributed by atoms with Gasteiger partial charge in [0.1, 0.15) is 0 Å². The van der Waals surface area contributed by atoms with Crippen molar-refractivity contribution in [2.75, 3.05) is 13.1 Å². The van der Waals surface area contributed by atoms with Gasteiger partial charge in [-0.05, 0) is 61.8 Å². The van der Waals surface area contributed by atoms with Crippen molar-refractivity contribution in [3.05, 3.63) is 34.9 Å². The molecule has 0 aliphatic heterocycles. The van der Waals surface area contributed by atoms with E-state index in [-0.39, 0.29) is 5.41 Å². The van der Waals surface area contributed by atoms with Gasteiger partial charge in [-0.1, -0.05) is 44.5 Å². The van der Waals surface area contributed by atoms with Crippen LogP contribution in [0.4, 0.5) is 0 Å². The number of nitrogens with one attached hydrogen (secondary N) is 1. The fourth-order valence-corrected chi connectivity index (χ4v) is 3.49. The number of hydrogen-bond donors (Lipinski definition) is 1. The van der Waals surface area contributed by atoms with E-state index >= 15 is 0 Å². The lowest BCUT2D eigenvalue weighted by atomic mass is 9.67. The fourth-order valence-electron chi connectivity index (χ4n) is 3.30. The maximum atomic E-state index is 6.22. The molecular weight excluding hydrogens is 266 g/mol. The molecule has 1 N–H and O–H groups in total. The minimum atomic E-state index is 0.284. The first-order chi connectivity index (χ1) is 9.52. The van der Waals surface area contributed by atoms with E-state index in [1.165, 1.54) is 31.2 Å². The molecule has 1 aliphatic rings. The average Bonchev–Trinajstić information content (AvgIpc) is 2.41. The van der Waals surface area contributed by atoms with E-state index < -0.39 is 0 Å². The minimum Gasteiger partial charge on any atom is -0.316 e. The third kappa shape index (κ3) is 3.99. The van der Waals surface area contributed by atoms with Crippen LogP contribution in [0, 0.1) is 11.8 Å². The Morgan fingerprint density at radius 3 is 2.60 bits per heavy atom. The van der Waals surface area contributed by atoms with Crippen LogP contribution in [0.25, 0.3) is 0 Å². The van der Waals surface area contributed by atoms with Crippen LogP contribution in [0.5, 0.6) is 0 Å². The zero-order valence-corrected chi connectivity index (χ0v) is 13.8. The normalized spacial score (nSPS) is 26.9. The molecule has 20 heavy (non-hydrogen) atoms. The van der Waals surface area contributed by atoms with Gasteiger partial charge in [0.25, 0.3) is 0 Å². The van der Waals surface area contributed by atoms with Crippen molar-refractivity contribution in [3.63, 3.8) is 0 Å². The van der Waals surface area contributed by atoms with Crippen molar-refractivity contribution in [3.8, 4) is 0 Å². The summed E-state index contributed by atoms with van der Waals surface area (Å²) >= 11 is 6.22. The Labute approximate surface area is 129 Å². The second-order valence-corrected chi connectivity index (χ2v) is 7.43. The Hall–Kier alpha value is -0.530. The van der Waals surface area contributed by atoms with E-state index in [9.17, 15) is 0 Å². The highest BCUT2D eigenvalue weighted by Crippen LogP contribution is 2.41. The van der Waals surface area contributed by atoms with Crippen molar-refractivity contribution in [1.82, 2.24) is 5.32 Å². The topological polar surface area (TPSA) is 12.0 Å². The molecule has 1 aromatic carbocycles. The third-order valence-corrected chi connectivity index (χ3v) is 4.92. The zero-order valence-electron chi connectivity index (χ0n) is 13.1. The predicted molar refractivity (Wildman–Crippen MR) is 88.5 cm³/mol. The number of halogens is 1. The maximum absolute atomic E-state index is 6.22. The summed E-state index contributed by atoms with van der Waals surface area (Å²) in [5.74, 6) is 1.57. The Balaban J connectivity index is 2.15. The second kappa shape index (κ2) is 6.95. The molecule has 0 heterocycles. The highest BCUT2D eigenvalue weighted by molar-refractivity contribution is 6.30. The van der Waals surface area contributed by atoms with Gasteiger partial charge >= 0.3 is 0 Å². The van der Waals surface area contributed by atoms with Crippen LogP contribution in [-0.4, -0.2) is 13.1 Å². The van der Waals surface area contributed by atoms with E-state index in [4.69, 9.17) is 11.6 Å². The number of benzene rings is 1. The first kappa shape index (κ1) is 15.9. The van der Waals surface area contributed by atoms with Gasteiger partial charge in [-0.25, -0.2) is 0 Å². The van der Waals surface area contributed by atoms with Crippen LogP contribution >= 0.6 is 11.6 Å². The summed E-state index contributed by atoms with van der Waals surface area (Å²) in [6.45, 7) is 9.09. The van der Waals surface area contributed by atoms with Crippen molar-refractivity contribution in [2.45, 2.75) is 51.9 Å². The quantitative estimate of drug-likeness (QED) is 0.802. The Bertz CT molecular complexity index is 419. The molecule has 2 heteroatoms. The predicted octanol–water partition coefficient (Wildman–Crippen LogP) is 5.03. The first-order valence-corrected chi connectivity index (χ1v) is 8.36. The second-order valence-electron chi connectivity index (χ2n) is 7.00. The SMILES string of the molecule is CC(C)CNCC1(c2cccc(Cl)c2)CCC(C)CC1. The summed E-state index contributed by atoms with van der Waals surface area (Å²) in [6.07, 6.45) is 5.21. The lowest BCUT2D eigenvalue weighted by molar-refractivity contribution is 0.231. The molecule has 112 valence electrons. The molecule has 0 aromatic heterocycles. The van der Waals surface area contributed by atoms with Crippen LogP contribution in [0.1, 0.15) is 52.0 Å². The molecular formula is C18H28ClN. The van der Waals surface area contributed by atoms with Crippen molar-refractivity contribution in [2.24, 2.45) is 11.8 Å². The molecule has 0 radical (unpaired) electrons. The Morgan fingerprint density at radius 1 is 1.30 bits per heavy atom. The molecule has 1 aliphatic carbocycles. The molecule has 0 amide bonds. The number of hydrogen-bond acceptors (Lipinski definition) is 1. The highest BCUT2D eigenvalue weighted by Gasteiger charge is 2.35. The molecule has 0 spiro atoms. The fraction of sp³-hybridized carbons (Fsp3) is 0.667. The van der Waals surface area contributed by atoms with Gasteiger partial charge in [0.05, 0.1) is 0 Å². The van der Waals surface area contributed by atoms with E-state index in [0.29, 0.717) is 5.92 Å². The minimum absolute atomic E-state index is 0.284. The standard InChI is InChI=1S/C18H28ClN/c1-14(2)12-20-13-18(9-7-15(3)8-10-18)16-5-4-6-17(19)11-16/h4-6,11,14-15,20H,7-10,12-13H2,1-3H3. The van der Waals surface area contributed by atoms with Crippen LogP contribution in [0.2, 0.25) is 5.02 Å². The smallest absolute Gasteiger partial charge is 0.0408 e. The summed E-state index contributed by atoms with van der Waals surface area (Å²) in [7, 11) is 0. The van der Waals surface area contributed by atoms with Crippen molar-refractivity contribution >= 4 is 11.6 Å². The van der Waals surface area contributed by atoms with Crippen molar-refractivity contribution in [1.29, 1.82) is 0 Å². The molecule has 1 nitrogen and oxygen atoms in total. The first-order valence-electron chi connectivity index (χ1n) is 7.98. The van der Waals surface area contributed by atoms with E-state index in [1.807, 2.05) is 6.07 Å². The summed E-state index contributed by atoms with van der Waals surface area (Å²) < 4.78 is 0. The lowest BCUT2D eigenvalue weighted by Gasteiger charge is -2.40. The largest absolute Gasteiger partial charge is 0.316 e. The van der Waals surface area contributed by atoms with E-state index in [2.05, 4.69) is 44.3 Å². The maximum Gasteiger partial charge on any atom is 0.0408 e. The molecule has 0 unspecified atom stereocenters.